The van der Waals surface area contributed by atoms with Gasteiger partial charge in [-0.05, 0) is 54.9 Å². The number of benzene rings is 2. The molecule has 1 saturated carbocycles. The number of Topliss-reactive ketones (excluding diaryl/α,β-unsaturated/α-hetero) is 1. The number of rotatable bonds is 2. The summed E-state index contributed by atoms with van der Waals surface area (Å²) in [5.41, 5.74) is 3.87. The summed E-state index contributed by atoms with van der Waals surface area (Å²) in [6.45, 7) is 1.89. The molecule has 2 aliphatic rings. The smallest absolute Gasteiger partial charge is 0.169 e. The third kappa shape index (κ3) is 1.93. The second-order valence-electron chi connectivity index (χ2n) is 6.30. The molecule has 3 unspecified atom stereocenters. The zero-order valence-electron chi connectivity index (χ0n) is 12.0. The first-order chi connectivity index (χ1) is 10.2. The molecule has 2 heteroatoms. The van der Waals surface area contributed by atoms with Crippen molar-refractivity contribution in [1.29, 1.82) is 0 Å². The highest BCUT2D eigenvalue weighted by atomic mass is 19.1. The van der Waals surface area contributed by atoms with Gasteiger partial charge in [-0.3, -0.25) is 4.79 Å². The highest BCUT2D eigenvalue weighted by Gasteiger charge is 2.57. The predicted molar refractivity (Wildman–Crippen MR) is 80.0 cm³/mol. The van der Waals surface area contributed by atoms with Gasteiger partial charge in [0.1, 0.15) is 5.82 Å². The van der Waals surface area contributed by atoms with Crippen LogP contribution in [0.25, 0.3) is 0 Å². The van der Waals surface area contributed by atoms with E-state index in [0.29, 0.717) is 11.8 Å². The number of carbonyl (C=O) groups excluding carboxylic acids is 1. The molecule has 4 rings (SSSR count). The van der Waals surface area contributed by atoms with Gasteiger partial charge in [0.05, 0.1) is 5.56 Å². The molecule has 0 spiro atoms. The van der Waals surface area contributed by atoms with Crippen LogP contribution in [0.3, 0.4) is 0 Å². The van der Waals surface area contributed by atoms with E-state index in [1.54, 1.807) is 12.1 Å². The molecular weight excluding hydrogens is 263 g/mol. The Balaban J connectivity index is 1.68. The number of hydrogen-bond donors (Lipinski definition) is 0. The second-order valence-corrected chi connectivity index (χ2v) is 6.30. The van der Waals surface area contributed by atoms with E-state index in [-0.39, 0.29) is 23.1 Å². The van der Waals surface area contributed by atoms with Gasteiger partial charge in [-0.15, -0.1) is 0 Å². The Morgan fingerprint density at radius 3 is 2.86 bits per heavy atom. The van der Waals surface area contributed by atoms with Gasteiger partial charge in [0, 0.05) is 5.92 Å². The van der Waals surface area contributed by atoms with Crippen molar-refractivity contribution in [3.8, 4) is 0 Å². The van der Waals surface area contributed by atoms with Gasteiger partial charge in [0.2, 0.25) is 0 Å². The lowest BCUT2D eigenvalue weighted by Gasteiger charge is -2.13. The zero-order chi connectivity index (χ0) is 14.6. The van der Waals surface area contributed by atoms with Crippen molar-refractivity contribution < 1.29 is 9.18 Å². The molecule has 2 aromatic carbocycles. The standard InChI is InChI=1S/C19H17FO/c1-11-6-9-16(20)15(10-11)19(21)18-14-8-7-12-4-2-3-5-13(12)17(14)18/h2-6,9-10,14,17-18H,7-8H2,1H3. The van der Waals surface area contributed by atoms with Crippen LogP contribution in [0.5, 0.6) is 0 Å². The van der Waals surface area contributed by atoms with E-state index in [9.17, 15) is 9.18 Å². The van der Waals surface area contributed by atoms with E-state index in [1.807, 2.05) is 13.0 Å². The summed E-state index contributed by atoms with van der Waals surface area (Å²) in [5.74, 6) is 0.296. The number of halogens is 1. The third-order valence-electron chi connectivity index (χ3n) is 5.02. The molecule has 0 N–H and O–H groups in total. The van der Waals surface area contributed by atoms with Crippen molar-refractivity contribution in [3.05, 3.63) is 70.5 Å². The Hall–Kier alpha value is -1.96. The highest BCUT2D eigenvalue weighted by Crippen LogP contribution is 2.60. The molecule has 0 saturated heterocycles. The number of carbonyl (C=O) groups is 1. The molecule has 0 bridgehead atoms. The lowest BCUT2D eigenvalue weighted by molar-refractivity contribution is 0.0955. The fourth-order valence-electron chi connectivity index (χ4n) is 3.93. The maximum Gasteiger partial charge on any atom is 0.169 e. The topological polar surface area (TPSA) is 17.1 Å². The van der Waals surface area contributed by atoms with Crippen LogP contribution < -0.4 is 0 Å². The quantitative estimate of drug-likeness (QED) is 0.750. The van der Waals surface area contributed by atoms with E-state index in [1.165, 1.54) is 17.2 Å². The van der Waals surface area contributed by atoms with Gasteiger partial charge in [0.15, 0.2) is 5.78 Å². The predicted octanol–water partition coefficient (Wildman–Crippen LogP) is 4.29. The largest absolute Gasteiger partial charge is 0.294 e. The van der Waals surface area contributed by atoms with Crippen molar-refractivity contribution in [1.82, 2.24) is 0 Å². The summed E-state index contributed by atoms with van der Waals surface area (Å²) in [5, 5.41) is 0. The first kappa shape index (κ1) is 12.8. The SMILES string of the molecule is Cc1ccc(F)c(C(=O)C2C3CCc4ccccc4C32)c1. The van der Waals surface area contributed by atoms with Crippen molar-refractivity contribution in [2.75, 3.05) is 0 Å². The first-order valence-electron chi connectivity index (χ1n) is 7.55. The van der Waals surface area contributed by atoms with Crippen molar-refractivity contribution in [3.63, 3.8) is 0 Å². The van der Waals surface area contributed by atoms with Gasteiger partial charge in [-0.1, -0.05) is 35.9 Å². The zero-order valence-corrected chi connectivity index (χ0v) is 12.0. The van der Waals surface area contributed by atoms with Gasteiger partial charge < -0.3 is 0 Å². The van der Waals surface area contributed by atoms with Gasteiger partial charge in [-0.25, -0.2) is 4.39 Å². The summed E-state index contributed by atoms with van der Waals surface area (Å²) < 4.78 is 14.0. The fraction of sp³-hybridized carbons (Fsp3) is 0.316. The van der Waals surface area contributed by atoms with Crippen LogP contribution in [-0.4, -0.2) is 5.78 Å². The average molecular weight is 280 g/mol. The van der Waals surface area contributed by atoms with Crippen LogP contribution in [0.15, 0.2) is 42.5 Å². The van der Waals surface area contributed by atoms with Crippen molar-refractivity contribution in [2.24, 2.45) is 11.8 Å². The summed E-state index contributed by atoms with van der Waals surface area (Å²) in [6.07, 6.45) is 2.09. The van der Waals surface area contributed by atoms with Gasteiger partial charge in [-0.2, -0.15) is 0 Å². The molecule has 0 heterocycles. The summed E-state index contributed by atoms with van der Waals surface area (Å²) in [7, 11) is 0. The molecule has 0 aliphatic heterocycles. The van der Waals surface area contributed by atoms with E-state index in [4.69, 9.17) is 0 Å². The molecule has 1 fully saturated rings. The summed E-state index contributed by atoms with van der Waals surface area (Å²) in [6, 6.07) is 13.2. The summed E-state index contributed by atoms with van der Waals surface area (Å²) in [4.78, 5) is 12.7. The average Bonchev–Trinajstić information content (AvgIpc) is 3.24. The van der Waals surface area contributed by atoms with Crippen LogP contribution >= 0.6 is 0 Å². The van der Waals surface area contributed by atoms with Gasteiger partial charge in [0.25, 0.3) is 0 Å². The Morgan fingerprint density at radius 2 is 2.00 bits per heavy atom. The molecule has 21 heavy (non-hydrogen) atoms. The minimum atomic E-state index is -0.387. The van der Waals surface area contributed by atoms with Crippen LogP contribution in [0.1, 0.15) is 39.4 Å². The maximum absolute atomic E-state index is 14.0. The molecule has 0 radical (unpaired) electrons. The van der Waals surface area contributed by atoms with E-state index >= 15 is 0 Å². The molecule has 3 atom stereocenters. The van der Waals surface area contributed by atoms with Crippen LogP contribution in [0.2, 0.25) is 0 Å². The molecule has 2 aromatic rings. The minimum absolute atomic E-state index is 0.0112. The normalized spacial score (nSPS) is 25.9. The molecular formula is C19H17FO. The highest BCUT2D eigenvalue weighted by molar-refractivity contribution is 6.01. The van der Waals surface area contributed by atoms with Crippen molar-refractivity contribution >= 4 is 5.78 Å². The monoisotopic (exact) mass is 280 g/mol. The number of ketones is 1. The lowest BCUT2D eigenvalue weighted by Crippen LogP contribution is -2.07. The summed E-state index contributed by atoms with van der Waals surface area (Å²) >= 11 is 0. The van der Waals surface area contributed by atoms with Crippen LogP contribution in [0.4, 0.5) is 4.39 Å². The Kier molecular flexibility index (Phi) is 2.75. The van der Waals surface area contributed by atoms with E-state index in [2.05, 4.69) is 18.2 Å². The molecule has 2 aliphatic carbocycles. The van der Waals surface area contributed by atoms with Crippen molar-refractivity contribution in [2.45, 2.75) is 25.7 Å². The third-order valence-corrected chi connectivity index (χ3v) is 5.02. The molecule has 0 amide bonds. The number of hydrogen-bond acceptors (Lipinski definition) is 1. The van der Waals surface area contributed by atoms with Crippen LogP contribution in [-0.2, 0) is 6.42 Å². The number of fused-ring (bicyclic) bond motifs is 3. The van der Waals surface area contributed by atoms with E-state index in [0.717, 1.165) is 18.4 Å². The fourth-order valence-corrected chi connectivity index (χ4v) is 3.93. The molecule has 1 nitrogen and oxygen atoms in total. The number of aryl methyl sites for hydroxylation is 2. The van der Waals surface area contributed by atoms with Crippen LogP contribution in [0, 0.1) is 24.6 Å². The molecule has 106 valence electrons. The van der Waals surface area contributed by atoms with Gasteiger partial charge >= 0.3 is 0 Å². The lowest BCUT2D eigenvalue weighted by atomic mass is 9.92. The minimum Gasteiger partial charge on any atom is -0.294 e. The second kappa shape index (κ2) is 4.52. The first-order valence-corrected chi connectivity index (χ1v) is 7.55. The Morgan fingerprint density at radius 1 is 1.19 bits per heavy atom. The van der Waals surface area contributed by atoms with E-state index < -0.39 is 0 Å². The Bertz CT molecular complexity index is 734. The molecule has 0 aromatic heterocycles. The maximum atomic E-state index is 14.0. The Labute approximate surface area is 123 Å².